The summed E-state index contributed by atoms with van der Waals surface area (Å²) in [5, 5.41) is 21.2. The van der Waals surface area contributed by atoms with Crippen LogP contribution in [0.1, 0.15) is 15.9 Å². The van der Waals surface area contributed by atoms with E-state index < -0.39 is 33.5 Å². The van der Waals surface area contributed by atoms with Crippen molar-refractivity contribution in [3.05, 3.63) is 95.6 Å². The number of anilines is 1. The number of aromatic nitrogens is 1. The summed E-state index contributed by atoms with van der Waals surface area (Å²) in [6.45, 7) is 0. The number of hydrogen-bond acceptors (Lipinski definition) is 6. The van der Waals surface area contributed by atoms with Crippen LogP contribution >= 0.6 is 0 Å². The van der Waals surface area contributed by atoms with Gasteiger partial charge in [-0.3, -0.25) is 9.10 Å². The molecule has 1 aliphatic heterocycles. The lowest BCUT2D eigenvalue weighted by Gasteiger charge is -2.28. The molecule has 1 amide bonds. The second kappa shape index (κ2) is 9.49. The molecule has 1 aliphatic rings. The standard InChI is InChI=1S/C15H13N3O4S.C7H5FO2/c1-18-13(15(20)17-12-8-4-5-9-16-12)14(19)10-6-2-3-7-11(10)23(18,21)22;8-6-3-1-2-5(4-6)7(9)10/h2-9,19H,1H3,(H,16,17,20);1-4H,(H,9,10). The Kier molecular flexibility index (Phi) is 6.73. The topological polar surface area (TPSA) is 137 Å². The van der Waals surface area contributed by atoms with E-state index in [4.69, 9.17) is 5.11 Å². The summed E-state index contributed by atoms with van der Waals surface area (Å²) in [7, 11) is -2.69. The lowest BCUT2D eigenvalue weighted by atomic mass is 10.1. The number of halogens is 1. The number of nitrogens with one attached hydrogen (secondary N) is 1. The van der Waals surface area contributed by atoms with Crippen LogP contribution in [0.15, 0.2) is 83.5 Å². The highest BCUT2D eigenvalue weighted by Gasteiger charge is 2.37. The van der Waals surface area contributed by atoms with Gasteiger partial charge in [0, 0.05) is 18.8 Å². The van der Waals surface area contributed by atoms with Crippen molar-refractivity contribution in [1.29, 1.82) is 0 Å². The monoisotopic (exact) mass is 471 g/mol. The molecule has 0 atom stereocenters. The van der Waals surface area contributed by atoms with Gasteiger partial charge in [-0.1, -0.05) is 24.3 Å². The van der Waals surface area contributed by atoms with Crippen molar-refractivity contribution in [2.24, 2.45) is 0 Å². The number of aliphatic hydroxyl groups is 1. The van der Waals surface area contributed by atoms with Crippen molar-refractivity contribution in [1.82, 2.24) is 9.29 Å². The first-order valence-electron chi connectivity index (χ1n) is 9.35. The zero-order valence-corrected chi connectivity index (χ0v) is 18.0. The number of rotatable bonds is 3. The highest BCUT2D eigenvalue weighted by Crippen LogP contribution is 2.34. The highest BCUT2D eigenvalue weighted by atomic mass is 32.2. The molecule has 3 aromatic rings. The predicted molar refractivity (Wildman–Crippen MR) is 117 cm³/mol. The van der Waals surface area contributed by atoms with E-state index in [0.717, 1.165) is 10.4 Å². The Bertz CT molecular complexity index is 1340. The van der Waals surface area contributed by atoms with Crippen LogP contribution < -0.4 is 5.32 Å². The maximum absolute atomic E-state index is 12.5. The molecule has 170 valence electrons. The average Bonchev–Trinajstić information content (AvgIpc) is 2.79. The van der Waals surface area contributed by atoms with Crippen molar-refractivity contribution in [3.8, 4) is 0 Å². The van der Waals surface area contributed by atoms with Gasteiger partial charge in [-0.2, -0.15) is 0 Å². The maximum Gasteiger partial charge on any atom is 0.335 e. The van der Waals surface area contributed by atoms with Gasteiger partial charge in [-0.25, -0.2) is 22.6 Å². The molecule has 0 bridgehead atoms. The van der Waals surface area contributed by atoms with Gasteiger partial charge < -0.3 is 15.5 Å². The van der Waals surface area contributed by atoms with E-state index in [9.17, 15) is 27.5 Å². The number of amides is 1. The SMILES string of the molecule is CN1C(C(=O)Nc2ccccn2)=C(O)c2ccccc2S1(=O)=O.O=C(O)c1cccc(F)c1. The second-order valence-electron chi connectivity index (χ2n) is 6.65. The number of nitrogens with zero attached hydrogens (tertiary/aromatic N) is 2. The van der Waals surface area contributed by atoms with Gasteiger partial charge in [0.15, 0.2) is 11.5 Å². The number of fused-ring (bicyclic) bond motifs is 1. The van der Waals surface area contributed by atoms with Crippen LogP contribution in [0.25, 0.3) is 5.76 Å². The highest BCUT2D eigenvalue weighted by molar-refractivity contribution is 7.89. The smallest absolute Gasteiger partial charge is 0.335 e. The molecule has 0 fully saturated rings. The molecule has 33 heavy (non-hydrogen) atoms. The summed E-state index contributed by atoms with van der Waals surface area (Å²) >= 11 is 0. The summed E-state index contributed by atoms with van der Waals surface area (Å²) in [6.07, 6.45) is 1.49. The summed E-state index contributed by atoms with van der Waals surface area (Å²) in [5.41, 5.74) is -0.286. The Morgan fingerprint density at radius 1 is 1.03 bits per heavy atom. The van der Waals surface area contributed by atoms with Crippen LogP contribution in [0.2, 0.25) is 0 Å². The predicted octanol–water partition coefficient (Wildman–Crippen LogP) is 3.10. The first kappa shape index (κ1) is 23.4. The fraction of sp³-hybridized carbons (Fsp3) is 0.0455. The van der Waals surface area contributed by atoms with Gasteiger partial charge in [0.1, 0.15) is 11.6 Å². The molecule has 0 unspecified atom stereocenters. The van der Waals surface area contributed by atoms with Crippen molar-refractivity contribution in [2.45, 2.75) is 4.90 Å². The molecule has 0 radical (unpaired) electrons. The number of sulfonamides is 1. The van der Waals surface area contributed by atoms with E-state index in [-0.39, 0.29) is 27.5 Å². The number of benzene rings is 2. The molecule has 11 heteroatoms. The quantitative estimate of drug-likeness (QED) is 0.534. The third kappa shape index (κ3) is 4.99. The number of aromatic carboxylic acids is 1. The number of aliphatic hydroxyl groups excluding tert-OH is 1. The van der Waals surface area contributed by atoms with Crippen LogP contribution in [0.4, 0.5) is 10.2 Å². The molecular formula is C22H18FN3O6S. The third-order valence-corrected chi connectivity index (χ3v) is 6.33. The maximum atomic E-state index is 12.5. The van der Waals surface area contributed by atoms with Crippen molar-refractivity contribution < 1.29 is 32.6 Å². The van der Waals surface area contributed by atoms with Crippen LogP contribution in [0.3, 0.4) is 0 Å². The van der Waals surface area contributed by atoms with Crippen molar-refractivity contribution >= 4 is 33.5 Å². The lowest BCUT2D eigenvalue weighted by molar-refractivity contribution is -0.113. The molecule has 4 rings (SSSR count). The number of carbonyl (C=O) groups is 2. The normalized spacial score (nSPS) is 13.9. The Morgan fingerprint density at radius 3 is 2.33 bits per heavy atom. The average molecular weight is 471 g/mol. The van der Waals surface area contributed by atoms with E-state index in [2.05, 4.69) is 10.3 Å². The van der Waals surface area contributed by atoms with Gasteiger partial charge in [0.2, 0.25) is 0 Å². The van der Waals surface area contributed by atoms with Crippen molar-refractivity contribution in [2.75, 3.05) is 12.4 Å². The molecule has 2 aromatic carbocycles. The molecule has 0 spiro atoms. The minimum atomic E-state index is -3.91. The van der Waals surface area contributed by atoms with Gasteiger partial charge >= 0.3 is 5.97 Å². The molecule has 9 nitrogen and oxygen atoms in total. The summed E-state index contributed by atoms with van der Waals surface area (Å²) in [6, 6.07) is 15.8. The Morgan fingerprint density at radius 2 is 1.73 bits per heavy atom. The molecular weight excluding hydrogens is 453 g/mol. The van der Waals surface area contributed by atoms with Gasteiger partial charge in [-0.05, 0) is 42.5 Å². The number of likely N-dealkylation sites (N-methyl/N-ethyl adjacent to an activating group) is 1. The first-order valence-corrected chi connectivity index (χ1v) is 10.8. The van der Waals surface area contributed by atoms with Gasteiger partial charge in [0.05, 0.1) is 10.5 Å². The minimum absolute atomic E-state index is 0.0278. The van der Waals surface area contributed by atoms with Gasteiger partial charge in [-0.15, -0.1) is 0 Å². The zero-order chi connectivity index (χ0) is 24.2. The lowest BCUT2D eigenvalue weighted by Crippen LogP contribution is -2.37. The number of hydrogen-bond donors (Lipinski definition) is 3. The molecule has 2 heterocycles. The Labute approximate surface area is 188 Å². The third-order valence-electron chi connectivity index (χ3n) is 4.51. The summed E-state index contributed by atoms with van der Waals surface area (Å²) in [5.74, 6) is -2.55. The van der Waals surface area contributed by atoms with E-state index in [1.54, 1.807) is 30.3 Å². The molecule has 0 saturated heterocycles. The van der Waals surface area contributed by atoms with Crippen LogP contribution in [-0.4, -0.2) is 46.8 Å². The minimum Gasteiger partial charge on any atom is -0.505 e. The van der Waals surface area contributed by atoms with Crippen LogP contribution in [0.5, 0.6) is 0 Å². The van der Waals surface area contributed by atoms with Crippen LogP contribution in [-0.2, 0) is 14.8 Å². The summed E-state index contributed by atoms with van der Waals surface area (Å²) in [4.78, 5) is 26.5. The van der Waals surface area contributed by atoms with E-state index in [0.29, 0.717) is 0 Å². The van der Waals surface area contributed by atoms with E-state index in [1.165, 1.54) is 43.6 Å². The first-order chi connectivity index (χ1) is 15.6. The fourth-order valence-corrected chi connectivity index (χ4v) is 4.31. The van der Waals surface area contributed by atoms with Crippen molar-refractivity contribution in [3.63, 3.8) is 0 Å². The Balaban J connectivity index is 0.000000257. The number of carboxylic acid groups (broad SMARTS) is 1. The Hall–Kier alpha value is -4.25. The number of carboxylic acids is 1. The molecule has 3 N–H and O–H groups in total. The zero-order valence-electron chi connectivity index (χ0n) is 17.1. The van der Waals surface area contributed by atoms with Crippen LogP contribution in [0, 0.1) is 5.82 Å². The number of pyridine rings is 1. The van der Waals surface area contributed by atoms with Gasteiger partial charge in [0.25, 0.3) is 15.9 Å². The molecule has 0 saturated carbocycles. The molecule has 0 aliphatic carbocycles. The largest absolute Gasteiger partial charge is 0.505 e. The number of carbonyl (C=O) groups excluding carboxylic acids is 1. The second-order valence-corrected chi connectivity index (χ2v) is 8.59. The van der Waals surface area contributed by atoms with E-state index >= 15 is 0 Å². The fourth-order valence-electron chi connectivity index (χ4n) is 2.92. The van der Waals surface area contributed by atoms with E-state index in [1.807, 2.05) is 0 Å². The molecule has 1 aromatic heterocycles. The summed E-state index contributed by atoms with van der Waals surface area (Å²) < 4.78 is 38.0.